The molecule has 0 aliphatic heterocycles. The second-order valence-electron chi connectivity index (χ2n) is 7.07. The summed E-state index contributed by atoms with van der Waals surface area (Å²) in [5, 5.41) is -0.667. The molecule has 28 heavy (non-hydrogen) atoms. The molecular weight excluding hydrogens is 388 g/mol. The van der Waals surface area contributed by atoms with Gasteiger partial charge in [0.15, 0.2) is 0 Å². The maximum Gasteiger partial charge on any atom is 0.145 e. The zero-order valence-corrected chi connectivity index (χ0v) is 15.9. The fourth-order valence-corrected chi connectivity index (χ4v) is 4.04. The molecule has 0 fully saturated rings. The van der Waals surface area contributed by atoms with E-state index in [1.165, 1.54) is 5.56 Å². The molecule has 0 unspecified atom stereocenters. The summed E-state index contributed by atoms with van der Waals surface area (Å²) in [5.41, 5.74) is 3.07. The zero-order chi connectivity index (χ0) is 20.0. The van der Waals surface area contributed by atoms with Gasteiger partial charge in [-0.3, -0.25) is 0 Å². The van der Waals surface area contributed by atoms with Crippen molar-refractivity contribution in [2.45, 2.75) is 32.6 Å². The van der Waals surface area contributed by atoms with E-state index in [1.807, 2.05) is 12.1 Å². The standard InChI is InChI=1S/C23H17ClF4/c1-2-3-12-4-6-15-13(8-12)5-7-16-21(15)18(25)11-17(23(16)28)14-9-19(26)22(24)20(27)10-14/h4,6,8-11H,2-3,5,7H2,1H3. The van der Waals surface area contributed by atoms with Gasteiger partial charge in [0.05, 0.1) is 0 Å². The van der Waals surface area contributed by atoms with Gasteiger partial charge in [-0.25, -0.2) is 17.6 Å². The molecule has 0 saturated carbocycles. The molecule has 0 radical (unpaired) electrons. The number of aryl methyl sites for hydroxylation is 2. The fourth-order valence-electron chi connectivity index (χ4n) is 3.93. The second-order valence-corrected chi connectivity index (χ2v) is 7.45. The van der Waals surface area contributed by atoms with E-state index in [0.29, 0.717) is 18.4 Å². The molecule has 5 heteroatoms. The summed E-state index contributed by atoms with van der Waals surface area (Å²) >= 11 is 5.50. The first-order valence-corrected chi connectivity index (χ1v) is 9.56. The van der Waals surface area contributed by atoms with E-state index in [4.69, 9.17) is 11.6 Å². The molecule has 0 saturated heterocycles. The Balaban J connectivity index is 1.88. The van der Waals surface area contributed by atoms with Crippen LogP contribution < -0.4 is 0 Å². The van der Waals surface area contributed by atoms with Crippen molar-refractivity contribution in [2.75, 3.05) is 0 Å². The quantitative estimate of drug-likeness (QED) is 0.318. The third-order valence-corrected chi connectivity index (χ3v) is 5.59. The molecule has 144 valence electrons. The van der Waals surface area contributed by atoms with E-state index in [9.17, 15) is 8.78 Å². The average molecular weight is 405 g/mol. The van der Waals surface area contributed by atoms with Crippen LogP contribution in [0.3, 0.4) is 0 Å². The van der Waals surface area contributed by atoms with Gasteiger partial charge < -0.3 is 0 Å². The highest BCUT2D eigenvalue weighted by molar-refractivity contribution is 6.31. The van der Waals surface area contributed by atoms with Crippen LogP contribution in [0.5, 0.6) is 0 Å². The topological polar surface area (TPSA) is 0 Å². The SMILES string of the molecule is CCCc1ccc2c(c1)CCc1c(F)c(-c3cc(F)c(Cl)c(F)c3)cc(F)c1-2. The summed E-state index contributed by atoms with van der Waals surface area (Å²) < 4.78 is 57.9. The van der Waals surface area contributed by atoms with Gasteiger partial charge in [-0.05, 0) is 65.3 Å². The molecule has 0 atom stereocenters. The monoisotopic (exact) mass is 404 g/mol. The smallest absolute Gasteiger partial charge is 0.145 e. The van der Waals surface area contributed by atoms with Crippen molar-refractivity contribution in [3.05, 3.63) is 81.4 Å². The predicted molar refractivity (Wildman–Crippen MR) is 104 cm³/mol. The average Bonchev–Trinajstić information content (AvgIpc) is 2.68. The lowest BCUT2D eigenvalue weighted by atomic mass is 9.82. The van der Waals surface area contributed by atoms with Gasteiger partial charge >= 0.3 is 0 Å². The summed E-state index contributed by atoms with van der Waals surface area (Å²) in [6.07, 6.45) is 2.86. The zero-order valence-electron chi connectivity index (χ0n) is 15.2. The summed E-state index contributed by atoms with van der Waals surface area (Å²) in [6.45, 7) is 2.09. The molecule has 0 heterocycles. The predicted octanol–water partition coefficient (Wildman–Crippen LogP) is 7.28. The first kappa shape index (κ1) is 19.0. The van der Waals surface area contributed by atoms with E-state index < -0.39 is 28.3 Å². The molecule has 3 aromatic rings. The number of halogens is 5. The highest BCUT2D eigenvalue weighted by Gasteiger charge is 2.26. The lowest BCUT2D eigenvalue weighted by molar-refractivity contribution is 0.579. The molecule has 0 nitrogen and oxygen atoms in total. The number of benzene rings is 3. The first-order valence-electron chi connectivity index (χ1n) is 9.18. The lowest BCUT2D eigenvalue weighted by Gasteiger charge is -2.23. The van der Waals surface area contributed by atoms with Crippen LogP contribution in [-0.2, 0) is 19.3 Å². The fraction of sp³-hybridized carbons (Fsp3) is 0.217. The van der Waals surface area contributed by atoms with Crippen molar-refractivity contribution in [1.29, 1.82) is 0 Å². The maximum absolute atomic E-state index is 15.2. The van der Waals surface area contributed by atoms with Crippen molar-refractivity contribution in [3.8, 4) is 22.3 Å². The molecule has 0 bridgehead atoms. The minimum atomic E-state index is -1.01. The Morgan fingerprint density at radius 3 is 2.25 bits per heavy atom. The van der Waals surface area contributed by atoms with E-state index in [0.717, 1.165) is 36.6 Å². The van der Waals surface area contributed by atoms with Gasteiger partial charge in [0.25, 0.3) is 0 Å². The van der Waals surface area contributed by atoms with Crippen LogP contribution in [0.15, 0.2) is 36.4 Å². The van der Waals surface area contributed by atoms with Crippen molar-refractivity contribution in [3.63, 3.8) is 0 Å². The van der Waals surface area contributed by atoms with Crippen LogP contribution in [0.25, 0.3) is 22.3 Å². The second kappa shape index (κ2) is 7.25. The third-order valence-electron chi connectivity index (χ3n) is 5.23. The van der Waals surface area contributed by atoms with Crippen LogP contribution in [0.4, 0.5) is 17.6 Å². The van der Waals surface area contributed by atoms with Crippen molar-refractivity contribution in [1.82, 2.24) is 0 Å². The summed E-state index contributed by atoms with van der Waals surface area (Å²) in [6, 6.07) is 8.67. The first-order chi connectivity index (χ1) is 13.4. The lowest BCUT2D eigenvalue weighted by Crippen LogP contribution is -2.10. The molecule has 1 aliphatic rings. The minimum Gasteiger partial charge on any atom is -0.206 e. The van der Waals surface area contributed by atoms with Crippen molar-refractivity contribution in [2.24, 2.45) is 0 Å². The van der Waals surface area contributed by atoms with Gasteiger partial charge in [0, 0.05) is 11.1 Å². The Hall–Kier alpha value is -2.33. The van der Waals surface area contributed by atoms with E-state index >= 15 is 8.78 Å². The van der Waals surface area contributed by atoms with Crippen molar-refractivity contribution >= 4 is 11.6 Å². The Morgan fingerprint density at radius 1 is 0.857 bits per heavy atom. The van der Waals surface area contributed by atoms with E-state index in [-0.39, 0.29) is 22.3 Å². The molecule has 4 rings (SSSR count). The highest BCUT2D eigenvalue weighted by atomic mass is 35.5. The van der Waals surface area contributed by atoms with Gasteiger partial charge in [-0.2, -0.15) is 0 Å². The van der Waals surface area contributed by atoms with E-state index in [1.54, 1.807) is 0 Å². The van der Waals surface area contributed by atoms with Crippen LogP contribution >= 0.6 is 11.6 Å². The van der Waals surface area contributed by atoms with E-state index in [2.05, 4.69) is 13.0 Å². The molecule has 0 aromatic heterocycles. The van der Waals surface area contributed by atoms with Crippen LogP contribution in [0, 0.1) is 23.3 Å². The molecule has 0 spiro atoms. The van der Waals surface area contributed by atoms with Gasteiger partial charge in [-0.15, -0.1) is 0 Å². The normalized spacial score (nSPS) is 12.6. The van der Waals surface area contributed by atoms with Crippen LogP contribution in [0.1, 0.15) is 30.0 Å². The molecule has 0 amide bonds. The number of hydrogen-bond donors (Lipinski definition) is 0. The minimum absolute atomic E-state index is 0.0808. The Morgan fingerprint density at radius 2 is 1.57 bits per heavy atom. The molecule has 3 aromatic carbocycles. The number of fused-ring (bicyclic) bond motifs is 3. The van der Waals surface area contributed by atoms with Crippen molar-refractivity contribution < 1.29 is 17.6 Å². The summed E-state index contributed by atoms with van der Waals surface area (Å²) in [5.74, 6) is -3.28. The largest absolute Gasteiger partial charge is 0.206 e. The summed E-state index contributed by atoms with van der Waals surface area (Å²) in [4.78, 5) is 0. The van der Waals surface area contributed by atoms with Crippen LogP contribution in [-0.4, -0.2) is 0 Å². The maximum atomic E-state index is 15.2. The van der Waals surface area contributed by atoms with Gasteiger partial charge in [-0.1, -0.05) is 43.1 Å². The third kappa shape index (κ3) is 3.10. The van der Waals surface area contributed by atoms with Crippen LogP contribution in [0.2, 0.25) is 5.02 Å². The van der Waals surface area contributed by atoms with Gasteiger partial charge in [0.1, 0.15) is 28.3 Å². The Kier molecular flexibility index (Phi) is 4.92. The molecular formula is C23H17ClF4. The molecule has 0 N–H and O–H groups in total. The summed E-state index contributed by atoms with van der Waals surface area (Å²) in [7, 11) is 0. The Labute approximate surface area is 165 Å². The van der Waals surface area contributed by atoms with Gasteiger partial charge in [0.2, 0.25) is 0 Å². The molecule has 1 aliphatic carbocycles. The number of hydrogen-bond acceptors (Lipinski definition) is 0. The Bertz CT molecular complexity index is 1070. The highest BCUT2D eigenvalue weighted by Crippen LogP contribution is 2.41. The number of rotatable bonds is 3.